The molecule has 0 aliphatic heterocycles. The molecule has 1 aromatic carbocycles. The maximum atomic E-state index is 12.2. The van der Waals surface area contributed by atoms with Crippen LogP contribution in [0.2, 0.25) is 10.0 Å². The first-order chi connectivity index (χ1) is 8.69. The Bertz CT molecular complexity index is 521. The van der Waals surface area contributed by atoms with Gasteiger partial charge in [0.2, 0.25) is 0 Å². The van der Waals surface area contributed by atoms with Gasteiger partial charge in [-0.15, -0.1) is 0 Å². The SMILES string of the molecule is CC(C)(CN)CCCS(=O)(=O)c1c(Cl)cccc1Cl. The fourth-order valence-electron chi connectivity index (χ4n) is 1.72. The predicted molar refractivity (Wildman–Crippen MR) is 80.6 cm³/mol. The minimum absolute atomic E-state index is 0.0277. The third-order valence-corrected chi connectivity index (χ3v) is 5.79. The normalized spacial score (nSPS) is 12.7. The van der Waals surface area contributed by atoms with Crippen molar-refractivity contribution < 1.29 is 8.42 Å². The van der Waals surface area contributed by atoms with E-state index in [0.717, 1.165) is 6.42 Å². The second-order valence-electron chi connectivity index (χ2n) is 5.34. The van der Waals surface area contributed by atoms with Gasteiger partial charge in [0, 0.05) is 0 Å². The molecule has 6 heteroatoms. The van der Waals surface area contributed by atoms with Gasteiger partial charge in [-0.05, 0) is 36.9 Å². The molecule has 0 bridgehead atoms. The molecule has 2 N–H and O–H groups in total. The van der Waals surface area contributed by atoms with Gasteiger partial charge in [-0.1, -0.05) is 43.1 Å². The summed E-state index contributed by atoms with van der Waals surface area (Å²) in [4.78, 5) is 0.0314. The molecule has 0 fully saturated rings. The molecule has 1 aromatic rings. The van der Waals surface area contributed by atoms with Gasteiger partial charge in [0.05, 0.1) is 15.8 Å². The molecule has 0 atom stereocenters. The van der Waals surface area contributed by atoms with Crippen LogP contribution in [0.15, 0.2) is 23.1 Å². The average molecular weight is 324 g/mol. The number of nitrogens with two attached hydrogens (primary N) is 1. The molecule has 0 heterocycles. The quantitative estimate of drug-likeness (QED) is 0.871. The van der Waals surface area contributed by atoms with Gasteiger partial charge in [-0.3, -0.25) is 0 Å². The standard InChI is InChI=1S/C13H19Cl2NO2S/c1-13(2,9-16)7-4-8-19(17,18)12-10(14)5-3-6-11(12)15/h3,5-6H,4,7-9,16H2,1-2H3. The predicted octanol–water partition coefficient (Wildman–Crippen LogP) is 3.53. The number of halogens is 2. The molecule has 0 saturated carbocycles. The monoisotopic (exact) mass is 323 g/mol. The Kier molecular flexibility index (Phi) is 5.68. The number of sulfone groups is 1. The van der Waals surface area contributed by atoms with Crippen molar-refractivity contribution in [2.75, 3.05) is 12.3 Å². The Morgan fingerprint density at radius 1 is 1.21 bits per heavy atom. The molecule has 0 unspecified atom stereocenters. The molecule has 0 radical (unpaired) electrons. The summed E-state index contributed by atoms with van der Waals surface area (Å²) in [5, 5.41) is 0.344. The Hall–Kier alpha value is -0.290. The Labute approximate surface area is 125 Å². The fourth-order valence-corrected chi connectivity index (χ4v) is 4.29. The van der Waals surface area contributed by atoms with E-state index in [9.17, 15) is 8.42 Å². The highest BCUT2D eigenvalue weighted by molar-refractivity contribution is 7.91. The molecule has 3 nitrogen and oxygen atoms in total. The van der Waals surface area contributed by atoms with Crippen LogP contribution in [0, 0.1) is 5.41 Å². The summed E-state index contributed by atoms with van der Waals surface area (Å²) in [6, 6.07) is 4.69. The lowest BCUT2D eigenvalue weighted by atomic mass is 9.88. The first kappa shape index (κ1) is 16.8. The molecule has 0 aromatic heterocycles. The van der Waals surface area contributed by atoms with E-state index < -0.39 is 9.84 Å². The molecule has 0 aliphatic carbocycles. The Morgan fingerprint density at radius 2 is 1.74 bits per heavy atom. The van der Waals surface area contributed by atoms with Crippen molar-refractivity contribution in [1.82, 2.24) is 0 Å². The van der Waals surface area contributed by atoms with Crippen LogP contribution < -0.4 is 5.73 Å². The number of hydrogen-bond donors (Lipinski definition) is 1. The van der Waals surface area contributed by atoms with Gasteiger partial charge in [0.15, 0.2) is 9.84 Å². The number of benzene rings is 1. The lowest BCUT2D eigenvalue weighted by Crippen LogP contribution is -2.24. The van der Waals surface area contributed by atoms with E-state index in [2.05, 4.69) is 0 Å². The lowest BCUT2D eigenvalue weighted by Gasteiger charge is -2.21. The van der Waals surface area contributed by atoms with Crippen molar-refractivity contribution in [1.29, 1.82) is 0 Å². The molecule has 0 aliphatic rings. The van der Waals surface area contributed by atoms with Crippen molar-refractivity contribution in [3.05, 3.63) is 28.2 Å². The van der Waals surface area contributed by atoms with Crippen molar-refractivity contribution in [2.45, 2.75) is 31.6 Å². The van der Waals surface area contributed by atoms with E-state index in [0.29, 0.717) is 13.0 Å². The molecule has 19 heavy (non-hydrogen) atoms. The highest BCUT2D eigenvalue weighted by Crippen LogP contribution is 2.31. The Balaban J connectivity index is 2.83. The zero-order chi connectivity index (χ0) is 14.7. The molecular formula is C13H19Cl2NO2S. The van der Waals surface area contributed by atoms with E-state index >= 15 is 0 Å². The second kappa shape index (κ2) is 6.44. The largest absolute Gasteiger partial charge is 0.330 e. The highest BCUT2D eigenvalue weighted by atomic mass is 35.5. The fraction of sp³-hybridized carbons (Fsp3) is 0.538. The Morgan fingerprint density at radius 3 is 2.21 bits per heavy atom. The van der Waals surface area contributed by atoms with E-state index in [1.165, 1.54) is 12.1 Å². The van der Waals surface area contributed by atoms with Crippen LogP contribution >= 0.6 is 23.2 Å². The van der Waals surface area contributed by atoms with Crippen LogP contribution in [0.3, 0.4) is 0 Å². The van der Waals surface area contributed by atoms with Crippen molar-refractivity contribution in [3.63, 3.8) is 0 Å². The van der Waals surface area contributed by atoms with Crippen molar-refractivity contribution in [2.24, 2.45) is 11.1 Å². The van der Waals surface area contributed by atoms with Crippen LogP contribution in [-0.4, -0.2) is 20.7 Å². The molecule has 108 valence electrons. The minimum atomic E-state index is -3.46. The van der Waals surface area contributed by atoms with Gasteiger partial charge in [0.1, 0.15) is 4.90 Å². The van der Waals surface area contributed by atoms with Crippen LogP contribution in [0.5, 0.6) is 0 Å². The summed E-state index contributed by atoms with van der Waals surface area (Å²) in [5.74, 6) is 0.0277. The van der Waals surface area contributed by atoms with E-state index in [1.54, 1.807) is 6.07 Å². The smallest absolute Gasteiger partial charge is 0.181 e. The topological polar surface area (TPSA) is 60.2 Å². The average Bonchev–Trinajstić information content (AvgIpc) is 2.27. The van der Waals surface area contributed by atoms with Crippen molar-refractivity contribution >= 4 is 33.0 Å². The van der Waals surface area contributed by atoms with E-state index in [4.69, 9.17) is 28.9 Å². The van der Waals surface area contributed by atoms with E-state index in [1.807, 2.05) is 13.8 Å². The van der Waals surface area contributed by atoms with E-state index in [-0.39, 0.29) is 26.1 Å². The first-order valence-corrected chi connectivity index (χ1v) is 8.47. The second-order valence-corrected chi connectivity index (χ2v) is 8.20. The molecule has 0 saturated heterocycles. The first-order valence-electron chi connectivity index (χ1n) is 6.06. The molecular weight excluding hydrogens is 305 g/mol. The molecule has 1 rings (SSSR count). The number of hydrogen-bond acceptors (Lipinski definition) is 3. The van der Waals surface area contributed by atoms with Gasteiger partial charge >= 0.3 is 0 Å². The van der Waals surface area contributed by atoms with Crippen LogP contribution in [0.25, 0.3) is 0 Å². The zero-order valence-corrected chi connectivity index (χ0v) is 13.4. The molecule has 0 amide bonds. The van der Waals surface area contributed by atoms with Crippen LogP contribution in [0.1, 0.15) is 26.7 Å². The maximum Gasteiger partial charge on any atom is 0.181 e. The van der Waals surface area contributed by atoms with Gasteiger partial charge in [-0.25, -0.2) is 8.42 Å². The maximum absolute atomic E-state index is 12.2. The van der Waals surface area contributed by atoms with Crippen LogP contribution in [-0.2, 0) is 9.84 Å². The lowest BCUT2D eigenvalue weighted by molar-refractivity contribution is 0.344. The molecule has 0 spiro atoms. The van der Waals surface area contributed by atoms with Gasteiger partial charge in [-0.2, -0.15) is 0 Å². The highest BCUT2D eigenvalue weighted by Gasteiger charge is 2.23. The summed E-state index contributed by atoms with van der Waals surface area (Å²) in [5.41, 5.74) is 5.57. The summed E-state index contributed by atoms with van der Waals surface area (Å²) in [7, 11) is -3.46. The zero-order valence-electron chi connectivity index (χ0n) is 11.1. The third-order valence-electron chi connectivity index (χ3n) is 3.05. The van der Waals surface area contributed by atoms with Gasteiger partial charge in [0.25, 0.3) is 0 Å². The summed E-state index contributed by atoms with van der Waals surface area (Å²) >= 11 is 11.9. The summed E-state index contributed by atoms with van der Waals surface area (Å²) < 4.78 is 24.5. The third kappa shape index (κ3) is 4.63. The van der Waals surface area contributed by atoms with Crippen LogP contribution in [0.4, 0.5) is 0 Å². The minimum Gasteiger partial charge on any atom is -0.330 e. The summed E-state index contributed by atoms with van der Waals surface area (Å²) in [6.07, 6.45) is 1.28. The number of rotatable bonds is 6. The van der Waals surface area contributed by atoms with Crippen molar-refractivity contribution in [3.8, 4) is 0 Å². The van der Waals surface area contributed by atoms with Gasteiger partial charge < -0.3 is 5.73 Å². The summed E-state index contributed by atoms with van der Waals surface area (Å²) in [6.45, 7) is 4.56.